The van der Waals surface area contributed by atoms with Crippen molar-refractivity contribution in [3.63, 3.8) is 0 Å². The van der Waals surface area contributed by atoms with E-state index in [2.05, 4.69) is 35.9 Å². The second kappa shape index (κ2) is 7.61. The smallest absolute Gasteiger partial charge is 0.0113 e. The molecule has 0 aromatic carbocycles. The molecule has 0 aromatic heterocycles. The highest BCUT2D eigenvalue weighted by Gasteiger charge is 2.27. The quantitative estimate of drug-likeness (QED) is 0.679. The molecule has 3 nitrogen and oxygen atoms in total. The van der Waals surface area contributed by atoms with Crippen LogP contribution in [0.5, 0.6) is 0 Å². The van der Waals surface area contributed by atoms with Crippen LogP contribution in [0, 0.1) is 11.8 Å². The van der Waals surface area contributed by atoms with Crippen LogP contribution in [0.3, 0.4) is 0 Å². The fraction of sp³-hybridized carbons (Fsp3) is 1.00. The zero-order valence-electron chi connectivity index (χ0n) is 13.2. The lowest BCUT2D eigenvalue weighted by Crippen LogP contribution is -2.50. The SMILES string of the molecule is CC(C)CNCCC(C)N1CCN(CC2CC2)CC1. The summed E-state index contributed by atoms with van der Waals surface area (Å²) in [5.74, 6) is 1.81. The minimum absolute atomic E-state index is 0.739. The van der Waals surface area contributed by atoms with Crippen LogP contribution in [0.4, 0.5) is 0 Å². The minimum atomic E-state index is 0.739. The third-order valence-corrected chi connectivity index (χ3v) is 4.54. The minimum Gasteiger partial charge on any atom is -0.316 e. The Morgan fingerprint density at radius 3 is 2.32 bits per heavy atom. The summed E-state index contributed by atoms with van der Waals surface area (Å²) in [5.41, 5.74) is 0. The van der Waals surface area contributed by atoms with E-state index in [1.54, 1.807) is 0 Å². The van der Waals surface area contributed by atoms with E-state index in [1.807, 2.05) is 0 Å². The number of rotatable bonds is 8. The normalized spacial score (nSPS) is 24.0. The van der Waals surface area contributed by atoms with Gasteiger partial charge in [-0.15, -0.1) is 0 Å². The summed E-state index contributed by atoms with van der Waals surface area (Å²) in [6, 6.07) is 0.739. The maximum atomic E-state index is 3.56. The van der Waals surface area contributed by atoms with E-state index in [4.69, 9.17) is 0 Å². The molecule has 0 radical (unpaired) electrons. The fourth-order valence-corrected chi connectivity index (χ4v) is 2.94. The predicted octanol–water partition coefficient (Wildman–Crippen LogP) is 2.04. The van der Waals surface area contributed by atoms with E-state index in [9.17, 15) is 0 Å². The summed E-state index contributed by atoms with van der Waals surface area (Å²) in [6.07, 6.45) is 4.26. The Labute approximate surface area is 119 Å². The Morgan fingerprint density at radius 2 is 1.74 bits per heavy atom. The van der Waals surface area contributed by atoms with Crippen LogP contribution >= 0.6 is 0 Å². The first-order valence-corrected chi connectivity index (χ1v) is 8.32. The van der Waals surface area contributed by atoms with Crippen LogP contribution in [-0.4, -0.2) is 61.7 Å². The van der Waals surface area contributed by atoms with Crippen molar-refractivity contribution in [1.82, 2.24) is 15.1 Å². The average molecular weight is 267 g/mol. The lowest BCUT2D eigenvalue weighted by Gasteiger charge is -2.38. The monoisotopic (exact) mass is 267 g/mol. The molecular weight excluding hydrogens is 234 g/mol. The highest BCUT2D eigenvalue weighted by atomic mass is 15.3. The van der Waals surface area contributed by atoms with Gasteiger partial charge in [-0.25, -0.2) is 0 Å². The maximum Gasteiger partial charge on any atom is 0.0113 e. The molecule has 1 saturated heterocycles. The summed E-state index contributed by atoms with van der Waals surface area (Å²) >= 11 is 0. The van der Waals surface area contributed by atoms with Crippen molar-refractivity contribution in [3.05, 3.63) is 0 Å². The number of piperazine rings is 1. The Balaban J connectivity index is 1.54. The molecule has 1 heterocycles. The first-order chi connectivity index (χ1) is 9.15. The molecule has 2 aliphatic rings. The molecule has 19 heavy (non-hydrogen) atoms. The zero-order valence-corrected chi connectivity index (χ0v) is 13.2. The molecule has 1 N–H and O–H groups in total. The highest BCUT2D eigenvalue weighted by Crippen LogP contribution is 2.30. The molecule has 1 saturated carbocycles. The Hall–Kier alpha value is -0.120. The van der Waals surface area contributed by atoms with Gasteiger partial charge >= 0.3 is 0 Å². The molecule has 0 bridgehead atoms. The largest absolute Gasteiger partial charge is 0.316 e. The Morgan fingerprint density at radius 1 is 1.05 bits per heavy atom. The zero-order chi connectivity index (χ0) is 13.7. The molecule has 1 aliphatic heterocycles. The molecule has 1 unspecified atom stereocenters. The topological polar surface area (TPSA) is 18.5 Å². The van der Waals surface area contributed by atoms with Gasteiger partial charge < -0.3 is 10.2 Å². The molecule has 3 heteroatoms. The molecule has 2 fully saturated rings. The van der Waals surface area contributed by atoms with E-state index in [-0.39, 0.29) is 0 Å². The molecule has 2 rings (SSSR count). The Bertz CT molecular complexity index is 242. The summed E-state index contributed by atoms with van der Waals surface area (Å²) < 4.78 is 0. The van der Waals surface area contributed by atoms with Crippen LogP contribution in [-0.2, 0) is 0 Å². The van der Waals surface area contributed by atoms with E-state index >= 15 is 0 Å². The van der Waals surface area contributed by atoms with Gasteiger partial charge in [-0.3, -0.25) is 4.90 Å². The van der Waals surface area contributed by atoms with Crippen molar-refractivity contribution in [1.29, 1.82) is 0 Å². The summed E-state index contributed by atoms with van der Waals surface area (Å²) in [6.45, 7) is 15.8. The molecule has 0 spiro atoms. The third kappa shape index (κ3) is 5.80. The highest BCUT2D eigenvalue weighted by molar-refractivity contribution is 4.82. The average Bonchev–Trinajstić information content (AvgIpc) is 3.19. The first kappa shape index (κ1) is 15.3. The number of nitrogens with one attached hydrogen (secondary N) is 1. The second-order valence-corrected chi connectivity index (χ2v) is 7.02. The van der Waals surface area contributed by atoms with Crippen molar-refractivity contribution in [2.45, 2.75) is 46.1 Å². The van der Waals surface area contributed by atoms with Gasteiger partial charge in [0.25, 0.3) is 0 Å². The summed E-state index contributed by atoms with van der Waals surface area (Å²) in [5, 5.41) is 3.56. The van der Waals surface area contributed by atoms with Crippen LogP contribution in [0.15, 0.2) is 0 Å². The van der Waals surface area contributed by atoms with Crippen molar-refractivity contribution >= 4 is 0 Å². The number of hydrogen-bond donors (Lipinski definition) is 1. The molecule has 1 aliphatic carbocycles. The standard InChI is InChI=1S/C16H33N3/c1-14(2)12-17-7-6-15(3)19-10-8-18(9-11-19)13-16-4-5-16/h14-17H,4-13H2,1-3H3. The lowest BCUT2D eigenvalue weighted by atomic mass is 10.1. The van der Waals surface area contributed by atoms with E-state index < -0.39 is 0 Å². The van der Waals surface area contributed by atoms with Crippen molar-refractivity contribution in [3.8, 4) is 0 Å². The van der Waals surface area contributed by atoms with Gasteiger partial charge in [0.15, 0.2) is 0 Å². The summed E-state index contributed by atoms with van der Waals surface area (Å²) in [4.78, 5) is 5.36. The van der Waals surface area contributed by atoms with Crippen LogP contribution in [0.1, 0.15) is 40.0 Å². The van der Waals surface area contributed by atoms with Crippen LogP contribution in [0.2, 0.25) is 0 Å². The van der Waals surface area contributed by atoms with Crippen LogP contribution < -0.4 is 5.32 Å². The van der Waals surface area contributed by atoms with Gasteiger partial charge in [0, 0.05) is 38.8 Å². The van der Waals surface area contributed by atoms with Gasteiger partial charge in [-0.1, -0.05) is 13.8 Å². The van der Waals surface area contributed by atoms with Gasteiger partial charge in [-0.2, -0.15) is 0 Å². The van der Waals surface area contributed by atoms with Crippen molar-refractivity contribution in [2.24, 2.45) is 11.8 Å². The lowest BCUT2D eigenvalue weighted by molar-refractivity contribution is 0.0959. The fourth-order valence-electron chi connectivity index (χ4n) is 2.94. The maximum absolute atomic E-state index is 3.56. The van der Waals surface area contributed by atoms with E-state index in [1.165, 1.54) is 58.5 Å². The van der Waals surface area contributed by atoms with Crippen LogP contribution in [0.25, 0.3) is 0 Å². The Kier molecular flexibility index (Phi) is 6.11. The molecule has 0 aromatic rings. The molecular formula is C16H33N3. The molecule has 112 valence electrons. The molecule has 1 atom stereocenters. The van der Waals surface area contributed by atoms with Crippen molar-refractivity contribution in [2.75, 3.05) is 45.8 Å². The first-order valence-electron chi connectivity index (χ1n) is 8.32. The van der Waals surface area contributed by atoms with Gasteiger partial charge in [0.2, 0.25) is 0 Å². The van der Waals surface area contributed by atoms with Crippen molar-refractivity contribution < 1.29 is 0 Å². The molecule has 0 amide bonds. The predicted molar refractivity (Wildman–Crippen MR) is 82.5 cm³/mol. The third-order valence-electron chi connectivity index (χ3n) is 4.54. The summed E-state index contributed by atoms with van der Waals surface area (Å²) in [7, 11) is 0. The number of hydrogen-bond acceptors (Lipinski definition) is 3. The van der Waals surface area contributed by atoms with E-state index in [0.29, 0.717) is 0 Å². The second-order valence-electron chi connectivity index (χ2n) is 7.02. The van der Waals surface area contributed by atoms with Gasteiger partial charge in [0.1, 0.15) is 0 Å². The number of nitrogens with zero attached hydrogens (tertiary/aromatic N) is 2. The van der Waals surface area contributed by atoms with Gasteiger partial charge in [-0.05, 0) is 51.1 Å². The van der Waals surface area contributed by atoms with E-state index in [0.717, 1.165) is 24.4 Å². The van der Waals surface area contributed by atoms with Gasteiger partial charge in [0.05, 0.1) is 0 Å².